The average Bonchev–Trinajstić information content (AvgIpc) is 3.58. The summed E-state index contributed by atoms with van der Waals surface area (Å²) in [6.07, 6.45) is -3.08. The average molecular weight is 690 g/mol. The third kappa shape index (κ3) is 7.92. The van der Waals surface area contributed by atoms with Crippen LogP contribution in [0.5, 0.6) is 5.75 Å². The Hall–Kier alpha value is -3.76. The number of carbonyl (C=O) groups is 2. The van der Waals surface area contributed by atoms with Gasteiger partial charge in [-0.2, -0.15) is 0 Å². The van der Waals surface area contributed by atoms with Gasteiger partial charge in [-0.15, -0.1) is 0 Å². The molecule has 264 valence electrons. The molecule has 4 rings (SSSR count). The Bertz CT molecular complexity index is 1540. The van der Waals surface area contributed by atoms with Crippen molar-refractivity contribution in [2.24, 2.45) is 0 Å². The summed E-state index contributed by atoms with van der Waals surface area (Å²) in [5.74, 6) is -1.25. The second-order valence-corrected chi connectivity index (χ2v) is 16.9. The summed E-state index contributed by atoms with van der Waals surface area (Å²) in [7, 11) is 0.239. The first kappa shape index (κ1) is 37.1. The number of benzene rings is 1. The zero-order chi connectivity index (χ0) is 35.2. The fraction of sp³-hybridized carbons (Fsp3) is 0.576. The summed E-state index contributed by atoms with van der Waals surface area (Å²) in [6, 6.07) is 9.08. The van der Waals surface area contributed by atoms with Crippen molar-refractivity contribution < 1.29 is 42.4 Å². The molecule has 2 aliphatic rings. The summed E-state index contributed by atoms with van der Waals surface area (Å²) >= 11 is 0. The van der Waals surface area contributed by atoms with Crippen LogP contribution < -0.4 is 21.3 Å². The predicted molar refractivity (Wildman–Crippen MR) is 177 cm³/mol. The minimum absolute atomic E-state index is 0.000105. The molecule has 0 aliphatic carbocycles. The van der Waals surface area contributed by atoms with E-state index in [4.69, 9.17) is 32.8 Å². The minimum Gasteiger partial charge on any atom is -0.497 e. The first-order valence-corrected chi connectivity index (χ1v) is 18.6. The van der Waals surface area contributed by atoms with E-state index in [0.717, 1.165) is 4.57 Å². The van der Waals surface area contributed by atoms with E-state index in [1.54, 1.807) is 45.2 Å². The molecule has 1 unspecified atom stereocenters. The maximum atomic E-state index is 14.0. The highest BCUT2D eigenvalue weighted by atomic mass is 28.4. The van der Waals surface area contributed by atoms with Gasteiger partial charge in [-0.1, -0.05) is 45.6 Å². The molecule has 0 radical (unpaired) electrons. The number of rotatable bonds is 15. The molecule has 15 heteroatoms. The standard InChI is InChI=1S/C33H47N3O11Si/c1-9-19-43-31(39)34-24(30(38)42-8)25(47-48(10-2,11-3)12-4)26-27-28(46-33(5,6)45-27)29(44-26)35-18-17-23(37)36(32(35)40)20-21-13-15-22(41-7)16-14-21/h9,13-18,24-29H,1,10-12,19-20H2,2-8H3,(H,34,39)/t24-,25-,26+,27-,28?,29+/m0/s1. The highest BCUT2D eigenvalue weighted by Crippen LogP contribution is 2.45. The molecule has 1 aromatic heterocycles. The molecule has 14 nitrogen and oxygen atoms in total. The van der Waals surface area contributed by atoms with E-state index >= 15 is 0 Å². The van der Waals surface area contributed by atoms with Gasteiger partial charge in [0.15, 0.2) is 26.4 Å². The van der Waals surface area contributed by atoms with Crippen molar-refractivity contribution in [2.45, 2.75) is 102 Å². The molecule has 0 spiro atoms. The highest BCUT2D eigenvalue weighted by molar-refractivity contribution is 6.73. The monoisotopic (exact) mass is 689 g/mol. The topological polar surface area (TPSA) is 155 Å². The normalized spacial score (nSPS) is 22.7. The maximum Gasteiger partial charge on any atom is 0.408 e. The molecule has 2 aliphatic heterocycles. The van der Waals surface area contributed by atoms with Crippen molar-refractivity contribution >= 4 is 20.4 Å². The van der Waals surface area contributed by atoms with E-state index in [9.17, 15) is 19.2 Å². The number of ether oxygens (including phenoxy) is 6. The van der Waals surface area contributed by atoms with Crippen molar-refractivity contribution in [1.82, 2.24) is 14.5 Å². The lowest BCUT2D eigenvalue weighted by Crippen LogP contribution is -2.60. The molecule has 2 saturated heterocycles. The first-order chi connectivity index (χ1) is 22.9. The zero-order valence-electron chi connectivity index (χ0n) is 28.6. The third-order valence-corrected chi connectivity index (χ3v) is 13.6. The van der Waals surface area contributed by atoms with Crippen LogP contribution in [0, 0.1) is 0 Å². The summed E-state index contributed by atoms with van der Waals surface area (Å²) in [4.78, 5) is 53.2. The van der Waals surface area contributed by atoms with Gasteiger partial charge in [0.25, 0.3) is 5.56 Å². The van der Waals surface area contributed by atoms with Gasteiger partial charge in [0.1, 0.15) is 36.8 Å². The quantitative estimate of drug-likeness (QED) is 0.166. The van der Waals surface area contributed by atoms with Gasteiger partial charge in [0.05, 0.1) is 20.8 Å². The summed E-state index contributed by atoms with van der Waals surface area (Å²) in [6.45, 7) is 13.0. The van der Waals surface area contributed by atoms with Crippen LogP contribution in [-0.2, 0) is 39.4 Å². The number of alkyl carbamates (subject to hydrolysis) is 1. The van der Waals surface area contributed by atoms with Crippen molar-refractivity contribution in [2.75, 3.05) is 20.8 Å². The van der Waals surface area contributed by atoms with Crippen LogP contribution >= 0.6 is 0 Å². The van der Waals surface area contributed by atoms with Crippen molar-refractivity contribution in [3.8, 4) is 5.75 Å². The Morgan fingerprint density at radius 1 is 1.04 bits per heavy atom. The molecule has 6 atom stereocenters. The number of hydrogen-bond donors (Lipinski definition) is 1. The lowest BCUT2D eigenvalue weighted by atomic mass is 9.99. The third-order valence-electron chi connectivity index (χ3n) is 8.97. The second kappa shape index (κ2) is 15.6. The van der Waals surface area contributed by atoms with Crippen LogP contribution in [0.1, 0.15) is 46.4 Å². The number of nitrogens with one attached hydrogen (secondary N) is 1. The molecule has 2 aromatic rings. The minimum atomic E-state index is -2.52. The largest absolute Gasteiger partial charge is 0.497 e. The number of amides is 1. The second-order valence-electron chi connectivity index (χ2n) is 12.2. The van der Waals surface area contributed by atoms with Crippen LogP contribution in [0.2, 0.25) is 18.1 Å². The maximum absolute atomic E-state index is 14.0. The smallest absolute Gasteiger partial charge is 0.408 e. The number of nitrogens with zero attached hydrogens (tertiary/aromatic N) is 2. The SMILES string of the molecule is C=CCOC(=O)N[C@H](C(=O)OC)[C@H](O[Si](CC)(CC)CC)[C@H]1O[C@@H](n2ccc(=O)n(Cc3ccc(OC)cc3)c2=O)C2OC(C)(C)O[C@H]21. The molecular weight excluding hydrogens is 642 g/mol. The molecule has 0 bridgehead atoms. The van der Waals surface area contributed by atoms with Gasteiger partial charge in [-0.3, -0.25) is 13.9 Å². The number of aromatic nitrogens is 2. The van der Waals surface area contributed by atoms with E-state index in [1.165, 1.54) is 30.0 Å². The summed E-state index contributed by atoms with van der Waals surface area (Å²) in [5.41, 5.74) is -0.425. The molecule has 2 fully saturated rings. The van der Waals surface area contributed by atoms with E-state index in [2.05, 4.69) is 11.9 Å². The Morgan fingerprint density at radius 2 is 1.69 bits per heavy atom. The molecule has 1 aromatic carbocycles. The molecule has 48 heavy (non-hydrogen) atoms. The van der Waals surface area contributed by atoms with Crippen LogP contribution in [0.4, 0.5) is 4.79 Å². The number of hydrogen-bond acceptors (Lipinski definition) is 11. The van der Waals surface area contributed by atoms with E-state index in [0.29, 0.717) is 29.4 Å². The Morgan fingerprint density at radius 3 is 2.27 bits per heavy atom. The van der Waals surface area contributed by atoms with Crippen LogP contribution in [0.25, 0.3) is 0 Å². The lowest BCUT2D eigenvalue weighted by molar-refractivity contribution is -0.209. The number of carbonyl (C=O) groups excluding carboxylic acids is 2. The molecular formula is C33H47N3O11Si. The van der Waals surface area contributed by atoms with Gasteiger partial charge in [-0.25, -0.2) is 14.4 Å². The fourth-order valence-electron chi connectivity index (χ4n) is 6.20. The van der Waals surface area contributed by atoms with Gasteiger partial charge < -0.3 is 38.2 Å². The summed E-state index contributed by atoms with van der Waals surface area (Å²) in [5, 5.41) is 2.61. The van der Waals surface area contributed by atoms with Gasteiger partial charge in [0.2, 0.25) is 0 Å². The first-order valence-electron chi connectivity index (χ1n) is 16.1. The van der Waals surface area contributed by atoms with Crippen LogP contribution in [0.3, 0.4) is 0 Å². The fourth-order valence-corrected chi connectivity index (χ4v) is 9.05. The van der Waals surface area contributed by atoms with Crippen molar-refractivity contribution in [3.05, 3.63) is 75.6 Å². The van der Waals surface area contributed by atoms with Gasteiger partial charge >= 0.3 is 17.8 Å². The van der Waals surface area contributed by atoms with Crippen LogP contribution in [0.15, 0.2) is 58.8 Å². The van der Waals surface area contributed by atoms with Crippen molar-refractivity contribution in [1.29, 1.82) is 0 Å². The number of fused-ring (bicyclic) bond motifs is 1. The van der Waals surface area contributed by atoms with E-state index in [-0.39, 0.29) is 13.2 Å². The molecule has 3 heterocycles. The Labute approximate surface area is 281 Å². The van der Waals surface area contributed by atoms with E-state index in [1.807, 2.05) is 20.8 Å². The molecule has 1 N–H and O–H groups in total. The van der Waals surface area contributed by atoms with Crippen molar-refractivity contribution in [3.63, 3.8) is 0 Å². The predicted octanol–water partition coefficient (Wildman–Crippen LogP) is 3.33. The highest BCUT2D eigenvalue weighted by Gasteiger charge is 2.61. The Kier molecular flexibility index (Phi) is 12.1. The van der Waals surface area contributed by atoms with E-state index < -0.39 is 74.1 Å². The van der Waals surface area contributed by atoms with Gasteiger partial charge in [0, 0.05) is 12.3 Å². The number of esters is 1. The summed E-state index contributed by atoms with van der Waals surface area (Å²) < 4.78 is 44.1. The molecule has 0 saturated carbocycles. The zero-order valence-corrected chi connectivity index (χ0v) is 29.6. The number of methoxy groups -OCH3 is 2. The van der Waals surface area contributed by atoms with Gasteiger partial charge in [-0.05, 0) is 49.7 Å². The Balaban J connectivity index is 1.80. The molecule has 1 amide bonds. The lowest BCUT2D eigenvalue weighted by Gasteiger charge is -2.39. The van der Waals surface area contributed by atoms with Crippen LogP contribution in [-0.4, -0.2) is 86.6 Å².